The van der Waals surface area contributed by atoms with Crippen LogP contribution in [0.2, 0.25) is 0 Å². The molecule has 1 unspecified atom stereocenters. The number of aromatic carboxylic acids is 1. The van der Waals surface area contributed by atoms with Gasteiger partial charge in [-0.15, -0.1) is 0 Å². The maximum atomic E-state index is 13.4. The molecule has 0 amide bonds. The first-order chi connectivity index (χ1) is 7.95. The summed E-state index contributed by atoms with van der Waals surface area (Å²) in [4.78, 5) is 10.7. The highest BCUT2D eigenvalue weighted by Crippen LogP contribution is 2.24. The number of carboxylic acid groups (broad SMARTS) is 1. The Labute approximate surface area is 103 Å². The Morgan fingerprint density at radius 3 is 2.82 bits per heavy atom. The molecule has 0 bridgehead atoms. The van der Waals surface area contributed by atoms with Crippen molar-refractivity contribution in [2.45, 2.75) is 13.0 Å². The first kappa shape index (κ1) is 13.6. The third-order valence-corrected chi connectivity index (χ3v) is 3.02. The van der Waals surface area contributed by atoms with Crippen molar-refractivity contribution >= 4 is 29.1 Å². The van der Waals surface area contributed by atoms with E-state index in [-0.39, 0.29) is 11.7 Å². The monoisotopic (exact) mass is 258 g/mol. The zero-order chi connectivity index (χ0) is 13.0. The Kier molecular flexibility index (Phi) is 4.62. The summed E-state index contributed by atoms with van der Waals surface area (Å²) in [6.07, 6.45) is 1.97. The van der Waals surface area contributed by atoms with Crippen LogP contribution in [0.5, 0.6) is 0 Å². The largest absolute Gasteiger partial charge is 0.478 e. The van der Waals surface area contributed by atoms with E-state index in [1.165, 1.54) is 0 Å². The molecular formula is C11H15FN2O2S. The molecule has 94 valence electrons. The number of carbonyl (C=O) groups is 1. The van der Waals surface area contributed by atoms with Crippen molar-refractivity contribution in [1.82, 2.24) is 0 Å². The highest BCUT2D eigenvalue weighted by Gasteiger charge is 2.14. The molecule has 0 fully saturated rings. The molecule has 0 aliphatic heterocycles. The Morgan fingerprint density at radius 2 is 2.29 bits per heavy atom. The predicted octanol–water partition coefficient (Wildman–Crippen LogP) is 2.27. The van der Waals surface area contributed by atoms with E-state index in [0.717, 1.165) is 17.9 Å². The minimum absolute atomic E-state index is 0.127. The Hall–Kier alpha value is -1.43. The van der Waals surface area contributed by atoms with E-state index in [2.05, 4.69) is 5.32 Å². The van der Waals surface area contributed by atoms with Crippen LogP contribution >= 0.6 is 11.8 Å². The van der Waals surface area contributed by atoms with E-state index < -0.39 is 17.3 Å². The van der Waals surface area contributed by atoms with Crippen molar-refractivity contribution in [1.29, 1.82) is 0 Å². The lowest BCUT2D eigenvalue weighted by molar-refractivity contribution is 0.0692. The summed E-state index contributed by atoms with van der Waals surface area (Å²) >= 11 is 1.66. The molecule has 0 heterocycles. The Bertz CT molecular complexity index is 426. The number of nitrogen functional groups attached to an aromatic ring is 1. The maximum Gasteiger partial charge on any atom is 0.338 e. The molecular weight excluding hydrogens is 243 g/mol. The number of thioether (sulfide) groups is 1. The lowest BCUT2D eigenvalue weighted by Gasteiger charge is -2.16. The van der Waals surface area contributed by atoms with Crippen molar-refractivity contribution in [3.8, 4) is 0 Å². The summed E-state index contributed by atoms with van der Waals surface area (Å²) < 4.78 is 13.4. The summed E-state index contributed by atoms with van der Waals surface area (Å²) in [7, 11) is 0. The van der Waals surface area contributed by atoms with Crippen LogP contribution in [0.4, 0.5) is 15.8 Å². The molecule has 0 aliphatic carbocycles. The van der Waals surface area contributed by atoms with Gasteiger partial charge in [0.15, 0.2) is 0 Å². The van der Waals surface area contributed by atoms with Crippen molar-refractivity contribution in [2.75, 3.05) is 23.1 Å². The van der Waals surface area contributed by atoms with Gasteiger partial charge in [-0.3, -0.25) is 0 Å². The topological polar surface area (TPSA) is 75.3 Å². The summed E-state index contributed by atoms with van der Waals surface area (Å²) in [5, 5.41) is 11.8. The van der Waals surface area contributed by atoms with Gasteiger partial charge >= 0.3 is 5.97 Å². The van der Waals surface area contributed by atoms with Crippen molar-refractivity contribution in [3.63, 3.8) is 0 Å². The SMILES string of the molecule is CSCC(C)Nc1cc(F)c(C(=O)O)cc1N. The normalized spacial score (nSPS) is 12.2. The number of benzene rings is 1. The van der Waals surface area contributed by atoms with Gasteiger partial charge in [0.1, 0.15) is 5.82 Å². The number of nitrogens with one attached hydrogen (secondary N) is 1. The van der Waals surface area contributed by atoms with Gasteiger partial charge in [0.05, 0.1) is 16.9 Å². The highest BCUT2D eigenvalue weighted by atomic mass is 32.2. The first-order valence-electron chi connectivity index (χ1n) is 5.03. The fourth-order valence-electron chi connectivity index (χ4n) is 1.44. The minimum atomic E-state index is -1.32. The average molecular weight is 258 g/mol. The number of anilines is 2. The molecule has 0 radical (unpaired) electrons. The van der Waals surface area contributed by atoms with E-state index in [1.807, 2.05) is 13.2 Å². The van der Waals surface area contributed by atoms with Crippen molar-refractivity contribution < 1.29 is 14.3 Å². The highest BCUT2D eigenvalue weighted by molar-refractivity contribution is 7.98. The zero-order valence-electron chi connectivity index (χ0n) is 9.66. The smallest absolute Gasteiger partial charge is 0.338 e. The first-order valence-corrected chi connectivity index (χ1v) is 6.43. The van der Waals surface area contributed by atoms with E-state index in [0.29, 0.717) is 5.69 Å². The van der Waals surface area contributed by atoms with Crippen LogP contribution in [0.25, 0.3) is 0 Å². The molecule has 17 heavy (non-hydrogen) atoms. The lowest BCUT2D eigenvalue weighted by Crippen LogP contribution is -2.19. The standard InChI is InChI=1S/C11H15FN2O2S/c1-6(5-17-2)14-10-4-8(12)7(11(15)16)3-9(10)13/h3-4,6,14H,5,13H2,1-2H3,(H,15,16). The summed E-state index contributed by atoms with van der Waals surface area (Å²) in [5.41, 5.74) is 5.92. The van der Waals surface area contributed by atoms with Crippen LogP contribution in [-0.2, 0) is 0 Å². The fourth-order valence-corrected chi connectivity index (χ4v) is 2.02. The van der Waals surface area contributed by atoms with Crippen LogP contribution in [0.3, 0.4) is 0 Å². The summed E-state index contributed by atoms with van der Waals surface area (Å²) in [6, 6.07) is 2.38. The summed E-state index contributed by atoms with van der Waals surface area (Å²) in [5.74, 6) is -1.26. The second-order valence-electron chi connectivity index (χ2n) is 3.73. The van der Waals surface area contributed by atoms with Crippen LogP contribution in [0, 0.1) is 5.82 Å². The average Bonchev–Trinajstić information content (AvgIpc) is 2.22. The fraction of sp³-hybridized carbons (Fsp3) is 0.364. The molecule has 0 saturated heterocycles. The Morgan fingerprint density at radius 1 is 1.65 bits per heavy atom. The van der Waals surface area contributed by atoms with Gasteiger partial charge < -0.3 is 16.2 Å². The molecule has 0 aromatic heterocycles. The van der Waals surface area contributed by atoms with Gasteiger partial charge in [-0.25, -0.2) is 9.18 Å². The zero-order valence-corrected chi connectivity index (χ0v) is 10.5. The molecule has 1 aromatic rings. The number of nitrogens with two attached hydrogens (primary N) is 1. The number of hydrogen-bond acceptors (Lipinski definition) is 4. The second-order valence-corrected chi connectivity index (χ2v) is 4.64. The molecule has 4 N–H and O–H groups in total. The number of rotatable bonds is 5. The maximum absolute atomic E-state index is 13.4. The molecule has 4 nitrogen and oxygen atoms in total. The van der Waals surface area contributed by atoms with Crippen LogP contribution in [0.1, 0.15) is 17.3 Å². The molecule has 1 atom stereocenters. The number of hydrogen-bond donors (Lipinski definition) is 3. The molecule has 0 aliphatic rings. The van der Waals surface area contributed by atoms with Gasteiger partial charge in [0, 0.05) is 11.8 Å². The number of carboxylic acids is 1. The third-order valence-electron chi connectivity index (χ3n) is 2.19. The molecule has 0 spiro atoms. The van der Waals surface area contributed by atoms with Gasteiger partial charge in [-0.05, 0) is 25.3 Å². The minimum Gasteiger partial charge on any atom is -0.478 e. The molecule has 6 heteroatoms. The van der Waals surface area contributed by atoms with Gasteiger partial charge in [0.25, 0.3) is 0 Å². The second kappa shape index (κ2) is 5.77. The molecule has 1 rings (SSSR count). The van der Waals surface area contributed by atoms with Gasteiger partial charge in [-0.1, -0.05) is 0 Å². The van der Waals surface area contributed by atoms with Crippen LogP contribution in [0.15, 0.2) is 12.1 Å². The van der Waals surface area contributed by atoms with Crippen LogP contribution < -0.4 is 11.1 Å². The predicted molar refractivity (Wildman–Crippen MR) is 69.2 cm³/mol. The van der Waals surface area contributed by atoms with Crippen molar-refractivity contribution in [3.05, 3.63) is 23.5 Å². The van der Waals surface area contributed by atoms with Gasteiger partial charge in [0.2, 0.25) is 0 Å². The quantitative estimate of drug-likeness (QED) is 0.706. The molecule has 1 aromatic carbocycles. The van der Waals surface area contributed by atoms with E-state index >= 15 is 0 Å². The lowest BCUT2D eigenvalue weighted by atomic mass is 10.1. The van der Waals surface area contributed by atoms with Gasteiger partial charge in [-0.2, -0.15) is 11.8 Å². The number of halogens is 1. The van der Waals surface area contributed by atoms with Crippen molar-refractivity contribution in [2.24, 2.45) is 0 Å². The van der Waals surface area contributed by atoms with E-state index in [4.69, 9.17) is 10.8 Å². The van der Waals surface area contributed by atoms with Crippen LogP contribution in [-0.4, -0.2) is 29.1 Å². The molecule has 0 saturated carbocycles. The summed E-state index contributed by atoms with van der Waals surface area (Å²) in [6.45, 7) is 1.94. The Balaban J connectivity index is 2.95. The van der Waals surface area contributed by atoms with E-state index in [1.54, 1.807) is 11.8 Å². The van der Waals surface area contributed by atoms with E-state index in [9.17, 15) is 9.18 Å². The third kappa shape index (κ3) is 3.52.